The summed E-state index contributed by atoms with van der Waals surface area (Å²) >= 11 is 0. The third-order valence-corrected chi connectivity index (χ3v) is 2.37. The van der Waals surface area contributed by atoms with E-state index in [9.17, 15) is 4.79 Å². The Kier molecular flexibility index (Phi) is 4.21. The molecular formula is C13H20N2O2. The second-order valence-electron chi connectivity index (χ2n) is 4.88. The van der Waals surface area contributed by atoms with Crippen LogP contribution in [0.15, 0.2) is 6.20 Å². The van der Waals surface area contributed by atoms with Crippen molar-refractivity contribution in [2.24, 2.45) is 0 Å². The summed E-state index contributed by atoms with van der Waals surface area (Å²) in [5.74, 6) is 0.409. The largest absolute Gasteiger partial charge is 0.462 e. The molecule has 1 aromatic heterocycles. The van der Waals surface area contributed by atoms with E-state index in [-0.39, 0.29) is 11.4 Å². The maximum Gasteiger partial charge on any atom is 0.341 e. The Hall–Kier alpha value is -1.45. The van der Waals surface area contributed by atoms with Crippen LogP contribution in [-0.2, 0) is 16.6 Å². The number of ether oxygens (including phenoxy) is 1. The second-order valence-corrected chi connectivity index (χ2v) is 4.88. The summed E-state index contributed by atoms with van der Waals surface area (Å²) in [5, 5.41) is 0. The summed E-state index contributed by atoms with van der Waals surface area (Å²) in [5.41, 5.74) is 1.11. The number of hydrogen-bond acceptors (Lipinski definition) is 4. The lowest BCUT2D eigenvalue weighted by molar-refractivity contribution is 0.0523. The van der Waals surface area contributed by atoms with Crippen molar-refractivity contribution in [2.45, 2.75) is 46.5 Å². The van der Waals surface area contributed by atoms with Gasteiger partial charge in [0.1, 0.15) is 5.82 Å². The molecule has 0 saturated heterocycles. The summed E-state index contributed by atoms with van der Waals surface area (Å²) < 4.78 is 4.98. The molecule has 0 saturated carbocycles. The predicted molar refractivity (Wildman–Crippen MR) is 66.1 cm³/mol. The van der Waals surface area contributed by atoms with Gasteiger partial charge in [0.05, 0.1) is 17.9 Å². The first-order chi connectivity index (χ1) is 7.90. The Morgan fingerprint density at radius 2 is 2.00 bits per heavy atom. The third kappa shape index (κ3) is 3.25. The number of aryl methyl sites for hydroxylation is 1. The summed E-state index contributed by atoms with van der Waals surface area (Å²) in [4.78, 5) is 20.4. The van der Waals surface area contributed by atoms with Crippen molar-refractivity contribution in [3.8, 4) is 0 Å². The first-order valence-corrected chi connectivity index (χ1v) is 5.93. The molecule has 0 unspecified atom stereocenters. The third-order valence-electron chi connectivity index (χ3n) is 2.37. The van der Waals surface area contributed by atoms with E-state index in [1.165, 1.54) is 0 Å². The van der Waals surface area contributed by atoms with Crippen LogP contribution in [0, 0.1) is 0 Å². The van der Waals surface area contributed by atoms with Crippen molar-refractivity contribution in [1.29, 1.82) is 0 Å². The molecular weight excluding hydrogens is 216 g/mol. The standard InChI is InChI=1S/C13H20N2O2/c1-6-10-9(11(16)17-7-2)8-14-12(15-10)13(3,4)5/h8H,6-7H2,1-5H3. The number of rotatable bonds is 3. The van der Waals surface area contributed by atoms with Crippen molar-refractivity contribution in [1.82, 2.24) is 9.97 Å². The maximum absolute atomic E-state index is 11.7. The van der Waals surface area contributed by atoms with Crippen molar-refractivity contribution in [3.05, 3.63) is 23.3 Å². The molecule has 0 aromatic carbocycles. The zero-order chi connectivity index (χ0) is 13.1. The molecule has 4 heteroatoms. The van der Waals surface area contributed by atoms with E-state index in [2.05, 4.69) is 9.97 Å². The van der Waals surface area contributed by atoms with Gasteiger partial charge in [-0.05, 0) is 13.3 Å². The lowest BCUT2D eigenvalue weighted by Crippen LogP contribution is -2.19. The van der Waals surface area contributed by atoms with Crippen LogP contribution in [0.2, 0.25) is 0 Å². The highest BCUT2D eigenvalue weighted by atomic mass is 16.5. The van der Waals surface area contributed by atoms with Crippen molar-refractivity contribution in [2.75, 3.05) is 6.61 Å². The highest BCUT2D eigenvalue weighted by Crippen LogP contribution is 2.19. The van der Waals surface area contributed by atoms with Gasteiger partial charge in [-0.2, -0.15) is 0 Å². The zero-order valence-electron chi connectivity index (χ0n) is 11.2. The molecule has 0 fully saturated rings. The number of carbonyl (C=O) groups excluding carboxylic acids is 1. The molecule has 0 aliphatic carbocycles. The smallest absolute Gasteiger partial charge is 0.341 e. The van der Waals surface area contributed by atoms with Gasteiger partial charge in [-0.25, -0.2) is 14.8 Å². The van der Waals surface area contributed by atoms with Gasteiger partial charge in [-0.15, -0.1) is 0 Å². The Morgan fingerprint density at radius 3 is 2.47 bits per heavy atom. The molecule has 1 heterocycles. The Labute approximate surface area is 102 Å². The summed E-state index contributed by atoms with van der Waals surface area (Å²) in [6.07, 6.45) is 2.27. The van der Waals surface area contributed by atoms with Crippen molar-refractivity contribution < 1.29 is 9.53 Å². The molecule has 1 rings (SSSR count). The van der Waals surface area contributed by atoms with Crippen molar-refractivity contribution >= 4 is 5.97 Å². The van der Waals surface area contributed by atoms with Crippen molar-refractivity contribution in [3.63, 3.8) is 0 Å². The Balaban J connectivity index is 3.14. The minimum atomic E-state index is -0.343. The predicted octanol–water partition coefficient (Wildman–Crippen LogP) is 2.51. The monoisotopic (exact) mass is 236 g/mol. The number of carbonyl (C=O) groups is 1. The van der Waals surface area contributed by atoms with Crippen LogP contribution in [0.3, 0.4) is 0 Å². The maximum atomic E-state index is 11.7. The molecule has 0 amide bonds. The fourth-order valence-electron chi connectivity index (χ4n) is 1.43. The second kappa shape index (κ2) is 5.25. The van der Waals surface area contributed by atoms with E-state index in [0.717, 1.165) is 11.5 Å². The Bertz CT molecular complexity index is 408. The van der Waals surface area contributed by atoms with Crippen LogP contribution in [0.1, 0.15) is 56.5 Å². The topological polar surface area (TPSA) is 52.1 Å². The highest BCUT2D eigenvalue weighted by molar-refractivity contribution is 5.90. The average molecular weight is 236 g/mol. The normalized spacial score (nSPS) is 11.4. The molecule has 0 radical (unpaired) electrons. The van der Waals surface area contributed by atoms with Crippen LogP contribution in [0.5, 0.6) is 0 Å². The lowest BCUT2D eigenvalue weighted by Gasteiger charge is -2.17. The van der Waals surface area contributed by atoms with Crippen LogP contribution in [0.4, 0.5) is 0 Å². The van der Waals surface area contributed by atoms with Gasteiger partial charge in [0.15, 0.2) is 0 Å². The van der Waals surface area contributed by atoms with Gasteiger partial charge in [0, 0.05) is 11.6 Å². The first kappa shape index (κ1) is 13.6. The van der Waals surface area contributed by atoms with E-state index in [1.807, 2.05) is 27.7 Å². The number of nitrogens with zero attached hydrogens (tertiary/aromatic N) is 2. The fraction of sp³-hybridized carbons (Fsp3) is 0.615. The van der Waals surface area contributed by atoms with Gasteiger partial charge in [-0.1, -0.05) is 27.7 Å². The van der Waals surface area contributed by atoms with Crippen LogP contribution >= 0.6 is 0 Å². The molecule has 0 atom stereocenters. The molecule has 17 heavy (non-hydrogen) atoms. The van der Waals surface area contributed by atoms with E-state index in [4.69, 9.17) is 4.74 Å². The summed E-state index contributed by atoms with van der Waals surface area (Å²) in [6, 6.07) is 0. The van der Waals surface area contributed by atoms with E-state index < -0.39 is 0 Å². The molecule has 1 aromatic rings. The van der Waals surface area contributed by atoms with Crippen LogP contribution in [-0.4, -0.2) is 22.5 Å². The number of hydrogen-bond donors (Lipinski definition) is 0. The van der Waals surface area contributed by atoms with Gasteiger partial charge >= 0.3 is 5.97 Å². The van der Waals surface area contributed by atoms with Gasteiger partial charge in [0.2, 0.25) is 0 Å². The van der Waals surface area contributed by atoms with E-state index in [1.54, 1.807) is 13.1 Å². The lowest BCUT2D eigenvalue weighted by atomic mass is 9.95. The SMILES string of the molecule is CCOC(=O)c1cnc(C(C)(C)C)nc1CC. The Morgan fingerprint density at radius 1 is 1.35 bits per heavy atom. The van der Waals surface area contributed by atoms with Crippen LogP contribution < -0.4 is 0 Å². The molecule has 0 bridgehead atoms. The molecule has 0 aliphatic heterocycles. The van der Waals surface area contributed by atoms with E-state index >= 15 is 0 Å². The molecule has 0 N–H and O–H groups in total. The fourth-order valence-corrected chi connectivity index (χ4v) is 1.43. The molecule has 94 valence electrons. The van der Waals surface area contributed by atoms with Gasteiger partial charge in [0.25, 0.3) is 0 Å². The van der Waals surface area contributed by atoms with E-state index in [0.29, 0.717) is 18.6 Å². The molecule has 0 aliphatic rings. The van der Waals surface area contributed by atoms with Gasteiger partial charge < -0.3 is 4.74 Å². The quantitative estimate of drug-likeness (QED) is 0.757. The minimum absolute atomic E-state index is 0.114. The summed E-state index contributed by atoms with van der Waals surface area (Å²) in [6.45, 7) is 10.3. The number of esters is 1. The minimum Gasteiger partial charge on any atom is -0.462 e. The zero-order valence-corrected chi connectivity index (χ0v) is 11.2. The average Bonchev–Trinajstić information content (AvgIpc) is 2.27. The first-order valence-electron chi connectivity index (χ1n) is 5.93. The molecule has 0 spiro atoms. The van der Waals surface area contributed by atoms with Gasteiger partial charge in [-0.3, -0.25) is 0 Å². The summed E-state index contributed by atoms with van der Waals surface area (Å²) in [7, 11) is 0. The number of aromatic nitrogens is 2. The van der Waals surface area contributed by atoms with Crippen LogP contribution in [0.25, 0.3) is 0 Å². The molecule has 4 nitrogen and oxygen atoms in total. The highest BCUT2D eigenvalue weighted by Gasteiger charge is 2.21.